The van der Waals surface area contributed by atoms with Crippen molar-refractivity contribution < 1.29 is 14.3 Å². The molecule has 0 unspecified atom stereocenters. The molecule has 0 radical (unpaired) electrons. The van der Waals surface area contributed by atoms with Gasteiger partial charge in [-0.2, -0.15) is 5.10 Å². The van der Waals surface area contributed by atoms with Gasteiger partial charge in [0.05, 0.1) is 29.8 Å². The van der Waals surface area contributed by atoms with E-state index in [4.69, 9.17) is 9.72 Å². The number of aryl methyl sites for hydroxylation is 2. The number of thiophene rings is 1. The molecule has 0 aromatic carbocycles. The standard InChI is InChI=1S/C25H30N6O3S/c1-4-34-25(33)30-11-8-18(9-12-30)28-23(32)20-14-27-31(22(20)17-5-6-17)24-26-10-7-21(29-24)19-13-15(2)35-16(19)3/h7,10,13-14,17-18H,4-6,8-9,11-12H2,1-3H3,(H,28,32). The molecule has 4 heterocycles. The second kappa shape index (κ2) is 9.77. The Morgan fingerprint density at radius 2 is 1.97 bits per heavy atom. The van der Waals surface area contributed by atoms with Crippen molar-refractivity contribution in [3.63, 3.8) is 0 Å². The van der Waals surface area contributed by atoms with Crippen LogP contribution >= 0.6 is 11.3 Å². The van der Waals surface area contributed by atoms with Crippen LogP contribution in [0.25, 0.3) is 17.2 Å². The van der Waals surface area contributed by atoms with Gasteiger partial charge in [-0.15, -0.1) is 11.3 Å². The lowest BCUT2D eigenvalue weighted by atomic mass is 10.0. The molecule has 10 heteroatoms. The molecule has 0 bridgehead atoms. The van der Waals surface area contributed by atoms with E-state index < -0.39 is 0 Å². The van der Waals surface area contributed by atoms with Gasteiger partial charge in [-0.3, -0.25) is 4.79 Å². The molecule has 184 valence electrons. The number of nitrogens with one attached hydrogen (secondary N) is 1. The summed E-state index contributed by atoms with van der Waals surface area (Å²) < 4.78 is 6.81. The van der Waals surface area contributed by atoms with Gasteiger partial charge in [-0.1, -0.05) is 0 Å². The number of carbonyl (C=O) groups is 2. The van der Waals surface area contributed by atoms with Gasteiger partial charge >= 0.3 is 6.09 Å². The summed E-state index contributed by atoms with van der Waals surface area (Å²) in [4.78, 5) is 38.6. The van der Waals surface area contributed by atoms with Crippen molar-refractivity contribution in [3.8, 4) is 17.2 Å². The van der Waals surface area contributed by atoms with Gasteiger partial charge in [0.15, 0.2) is 0 Å². The van der Waals surface area contributed by atoms with Crippen molar-refractivity contribution in [2.75, 3.05) is 19.7 Å². The van der Waals surface area contributed by atoms with Crippen LogP contribution < -0.4 is 5.32 Å². The monoisotopic (exact) mass is 494 g/mol. The second-order valence-corrected chi connectivity index (χ2v) is 10.6. The third-order valence-electron chi connectivity index (χ3n) is 6.52. The average molecular weight is 495 g/mol. The molecule has 0 atom stereocenters. The zero-order valence-corrected chi connectivity index (χ0v) is 21.1. The highest BCUT2D eigenvalue weighted by Gasteiger charge is 2.34. The van der Waals surface area contributed by atoms with Gasteiger partial charge in [-0.25, -0.2) is 19.4 Å². The first-order valence-electron chi connectivity index (χ1n) is 12.2. The van der Waals surface area contributed by atoms with E-state index in [1.165, 1.54) is 9.75 Å². The first-order chi connectivity index (χ1) is 16.9. The summed E-state index contributed by atoms with van der Waals surface area (Å²) in [5.74, 6) is 0.629. The van der Waals surface area contributed by atoms with Gasteiger partial charge < -0.3 is 15.0 Å². The Balaban J connectivity index is 1.34. The van der Waals surface area contributed by atoms with E-state index in [1.807, 2.05) is 6.07 Å². The van der Waals surface area contributed by atoms with E-state index in [1.54, 1.807) is 40.2 Å². The lowest BCUT2D eigenvalue weighted by Crippen LogP contribution is -2.46. The van der Waals surface area contributed by atoms with Crippen LogP contribution in [-0.2, 0) is 4.74 Å². The van der Waals surface area contributed by atoms with Gasteiger partial charge in [-0.05, 0) is 58.6 Å². The van der Waals surface area contributed by atoms with Crippen LogP contribution in [0.1, 0.15) is 64.3 Å². The normalized spacial score (nSPS) is 16.4. The Kier molecular flexibility index (Phi) is 6.55. The maximum absolute atomic E-state index is 13.3. The number of nitrogens with zero attached hydrogens (tertiary/aromatic N) is 5. The van der Waals surface area contributed by atoms with Crippen molar-refractivity contribution >= 4 is 23.3 Å². The third kappa shape index (κ3) is 4.93. The SMILES string of the molecule is CCOC(=O)N1CCC(NC(=O)c2cnn(-c3nccc(-c4cc(C)sc4C)n3)c2C2CC2)CC1. The number of amides is 2. The summed E-state index contributed by atoms with van der Waals surface area (Å²) in [5.41, 5.74) is 3.41. The van der Waals surface area contributed by atoms with Crippen molar-refractivity contribution in [1.82, 2.24) is 30.0 Å². The number of rotatable bonds is 6. The maximum atomic E-state index is 13.3. The fourth-order valence-corrected chi connectivity index (χ4v) is 5.54. The van der Waals surface area contributed by atoms with Crippen LogP contribution in [-0.4, -0.2) is 62.4 Å². The molecule has 2 amide bonds. The lowest BCUT2D eigenvalue weighted by Gasteiger charge is -2.31. The Morgan fingerprint density at radius 1 is 1.20 bits per heavy atom. The minimum atomic E-state index is -0.287. The molecule has 1 aliphatic heterocycles. The molecule has 5 rings (SSSR count). The summed E-state index contributed by atoms with van der Waals surface area (Å²) in [7, 11) is 0. The molecular weight excluding hydrogens is 464 g/mol. The van der Waals surface area contributed by atoms with E-state index >= 15 is 0 Å². The van der Waals surface area contributed by atoms with E-state index in [2.05, 4.69) is 35.3 Å². The quantitative estimate of drug-likeness (QED) is 0.550. The van der Waals surface area contributed by atoms with Gasteiger partial charge in [0, 0.05) is 46.6 Å². The maximum Gasteiger partial charge on any atom is 0.409 e. The zero-order valence-electron chi connectivity index (χ0n) is 20.3. The molecule has 1 saturated heterocycles. The number of likely N-dealkylation sites (tertiary alicyclic amines) is 1. The van der Waals surface area contributed by atoms with Crippen LogP contribution in [0.5, 0.6) is 0 Å². The van der Waals surface area contributed by atoms with Crippen molar-refractivity contribution in [2.45, 2.75) is 58.4 Å². The molecule has 2 fully saturated rings. The molecule has 3 aromatic rings. The van der Waals surface area contributed by atoms with Crippen molar-refractivity contribution in [2.24, 2.45) is 0 Å². The number of aromatic nitrogens is 4. The summed E-state index contributed by atoms with van der Waals surface area (Å²) >= 11 is 1.75. The average Bonchev–Trinajstić information content (AvgIpc) is 3.50. The van der Waals surface area contributed by atoms with Gasteiger partial charge in [0.1, 0.15) is 0 Å². The number of hydrogen-bond acceptors (Lipinski definition) is 7. The summed E-state index contributed by atoms with van der Waals surface area (Å²) in [6.07, 6.45) is 6.53. The number of piperidine rings is 1. The van der Waals surface area contributed by atoms with Gasteiger partial charge in [0.2, 0.25) is 0 Å². The Hall–Kier alpha value is -3.27. The van der Waals surface area contributed by atoms with Crippen LogP contribution in [0.2, 0.25) is 0 Å². The minimum absolute atomic E-state index is 0.00737. The highest BCUT2D eigenvalue weighted by Crippen LogP contribution is 2.42. The smallest absolute Gasteiger partial charge is 0.409 e. The Morgan fingerprint density at radius 3 is 2.63 bits per heavy atom. The number of hydrogen-bond donors (Lipinski definition) is 1. The lowest BCUT2D eigenvalue weighted by molar-refractivity contribution is 0.0859. The zero-order chi connectivity index (χ0) is 24.5. The first kappa shape index (κ1) is 23.5. The molecule has 2 aliphatic rings. The molecule has 1 N–H and O–H groups in total. The predicted octanol–water partition coefficient (Wildman–Crippen LogP) is 4.24. The van der Waals surface area contributed by atoms with Crippen LogP contribution in [0.15, 0.2) is 24.5 Å². The fourth-order valence-electron chi connectivity index (χ4n) is 4.61. The molecule has 1 saturated carbocycles. The molecular formula is C25H30N6O3S. The summed E-state index contributed by atoms with van der Waals surface area (Å²) in [5, 5.41) is 7.70. The van der Waals surface area contributed by atoms with Crippen molar-refractivity contribution in [3.05, 3.63) is 45.5 Å². The molecule has 9 nitrogen and oxygen atoms in total. The molecule has 1 aliphatic carbocycles. The van der Waals surface area contributed by atoms with Crippen LogP contribution in [0, 0.1) is 13.8 Å². The number of ether oxygens (including phenoxy) is 1. The highest BCUT2D eigenvalue weighted by atomic mass is 32.1. The third-order valence-corrected chi connectivity index (χ3v) is 7.49. The van der Waals surface area contributed by atoms with Crippen molar-refractivity contribution in [1.29, 1.82) is 0 Å². The predicted molar refractivity (Wildman–Crippen MR) is 133 cm³/mol. The van der Waals surface area contributed by atoms with E-state index in [0.29, 0.717) is 44.0 Å². The van der Waals surface area contributed by atoms with E-state index in [9.17, 15) is 9.59 Å². The van der Waals surface area contributed by atoms with Gasteiger partial charge in [0.25, 0.3) is 11.9 Å². The summed E-state index contributed by atoms with van der Waals surface area (Å²) in [6.45, 7) is 7.49. The van der Waals surface area contributed by atoms with E-state index in [0.717, 1.165) is 29.8 Å². The fraction of sp³-hybridized carbons (Fsp3) is 0.480. The second-order valence-electron chi connectivity index (χ2n) is 9.13. The highest BCUT2D eigenvalue weighted by molar-refractivity contribution is 7.12. The molecule has 0 spiro atoms. The Bertz CT molecular complexity index is 1240. The Labute approximate surface area is 208 Å². The number of carbonyl (C=O) groups excluding carboxylic acids is 2. The molecule has 35 heavy (non-hydrogen) atoms. The van der Waals surface area contributed by atoms with Crippen LogP contribution in [0.4, 0.5) is 4.79 Å². The minimum Gasteiger partial charge on any atom is -0.450 e. The first-order valence-corrected chi connectivity index (χ1v) is 13.0. The van der Waals surface area contributed by atoms with Crippen LogP contribution in [0.3, 0.4) is 0 Å². The topological polar surface area (TPSA) is 102 Å². The summed E-state index contributed by atoms with van der Waals surface area (Å²) in [6, 6.07) is 4.06. The largest absolute Gasteiger partial charge is 0.450 e. The molecule has 3 aromatic heterocycles. The van der Waals surface area contributed by atoms with E-state index in [-0.39, 0.29) is 24.0 Å².